The van der Waals surface area contributed by atoms with E-state index in [1.165, 1.54) is 25.5 Å². The minimum atomic E-state index is 0.243. The third-order valence-corrected chi connectivity index (χ3v) is 3.93. The molecule has 1 fully saturated rings. The molecule has 2 aliphatic carbocycles. The normalized spacial score (nSPS) is 26.4. The topological polar surface area (TPSA) is 33.1 Å². The van der Waals surface area contributed by atoms with Crippen molar-refractivity contribution in [1.82, 2.24) is 4.98 Å². The highest BCUT2D eigenvalue weighted by molar-refractivity contribution is 5.21. The van der Waals surface area contributed by atoms with Gasteiger partial charge in [-0.3, -0.25) is 4.98 Å². The molecule has 1 saturated carbocycles. The maximum absolute atomic E-state index is 9.25. The Hall–Kier alpha value is -1.57. The highest BCUT2D eigenvalue weighted by atomic mass is 16.3. The van der Waals surface area contributed by atoms with Crippen LogP contribution in [-0.4, -0.2) is 10.1 Å². The molecule has 0 radical (unpaired) electrons. The number of aromatic nitrogens is 1. The highest BCUT2D eigenvalue weighted by Crippen LogP contribution is 2.39. The van der Waals surface area contributed by atoms with Crippen LogP contribution in [0.5, 0.6) is 5.75 Å². The fourth-order valence-corrected chi connectivity index (χ4v) is 2.69. The number of hydrogen-bond donors (Lipinski definition) is 1. The molecule has 0 aromatic carbocycles. The molecular weight excluding hydrogens is 222 g/mol. The first kappa shape index (κ1) is 11.5. The summed E-state index contributed by atoms with van der Waals surface area (Å²) in [5, 5.41) is 9.25. The number of nitrogens with zero attached hydrogens (tertiary/aromatic N) is 1. The molecule has 2 atom stereocenters. The molecule has 18 heavy (non-hydrogen) atoms. The van der Waals surface area contributed by atoms with Gasteiger partial charge in [-0.25, -0.2) is 0 Å². The first-order valence-corrected chi connectivity index (χ1v) is 6.80. The van der Waals surface area contributed by atoms with Gasteiger partial charge in [0, 0.05) is 5.69 Å². The van der Waals surface area contributed by atoms with Crippen LogP contribution in [0.25, 0.3) is 0 Å². The lowest BCUT2D eigenvalue weighted by Gasteiger charge is -2.23. The maximum atomic E-state index is 9.25. The van der Waals surface area contributed by atoms with Gasteiger partial charge in [0.2, 0.25) is 0 Å². The van der Waals surface area contributed by atoms with Gasteiger partial charge >= 0.3 is 0 Å². The molecular formula is C16H19NO. The summed E-state index contributed by atoms with van der Waals surface area (Å²) in [4.78, 5) is 4.29. The van der Waals surface area contributed by atoms with Crippen LogP contribution in [0.4, 0.5) is 0 Å². The van der Waals surface area contributed by atoms with Crippen LogP contribution in [-0.2, 0) is 6.42 Å². The molecule has 2 unspecified atom stereocenters. The van der Waals surface area contributed by atoms with Crippen LogP contribution in [0.1, 0.15) is 25.0 Å². The highest BCUT2D eigenvalue weighted by Gasteiger charge is 2.28. The van der Waals surface area contributed by atoms with Crippen molar-refractivity contribution in [1.29, 1.82) is 0 Å². The van der Waals surface area contributed by atoms with Crippen molar-refractivity contribution >= 4 is 0 Å². The van der Waals surface area contributed by atoms with Crippen molar-refractivity contribution in [2.75, 3.05) is 0 Å². The summed E-state index contributed by atoms with van der Waals surface area (Å²) >= 11 is 0. The van der Waals surface area contributed by atoms with Gasteiger partial charge in [0.1, 0.15) is 5.75 Å². The van der Waals surface area contributed by atoms with E-state index >= 15 is 0 Å². The summed E-state index contributed by atoms with van der Waals surface area (Å²) in [7, 11) is 0. The van der Waals surface area contributed by atoms with Crippen LogP contribution in [0, 0.1) is 17.8 Å². The molecule has 0 amide bonds. The Labute approximate surface area is 108 Å². The van der Waals surface area contributed by atoms with E-state index in [1.54, 1.807) is 6.07 Å². The van der Waals surface area contributed by atoms with E-state index in [1.807, 2.05) is 6.07 Å². The summed E-state index contributed by atoms with van der Waals surface area (Å²) in [6.45, 7) is 0. The molecule has 94 valence electrons. The fourth-order valence-electron chi connectivity index (χ4n) is 2.69. The van der Waals surface area contributed by atoms with E-state index in [0.29, 0.717) is 11.8 Å². The van der Waals surface area contributed by atoms with Gasteiger partial charge in [0.15, 0.2) is 0 Å². The lowest BCUT2D eigenvalue weighted by atomic mass is 9.82. The van der Waals surface area contributed by atoms with Crippen molar-refractivity contribution in [3.63, 3.8) is 0 Å². The Morgan fingerprint density at radius 1 is 1.11 bits per heavy atom. The van der Waals surface area contributed by atoms with Crippen molar-refractivity contribution in [2.45, 2.75) is 25.7 Å². The van der Waals surface area contributed by atoms with Gasteiger partial charge in [0.25, 0.3) is 0 Å². The molecule has 1 aromatic heterocycles. The summed E-state index contributed by atoms with van der Waals surface area (Å²) in [6.07, 6.45) is 15.6. The van der Waals surface area contributed by atoms with E-state index < -0.39 is 0 Å². The Morgan fingerprint density at radius 3 is 2.56 bits per heavy atom. The largest absolute Gasteiger partial charge is 0.506 e. The van der Waals surface area contributed by atoms with Crippen LogP contribution < -0.4 is 0 Å². The van der Waals surface area contributed by atoms with Crippen molar-refractivity contribution in [3.8, 4) is 5.75 Å². The molecule has 1 aromatic rings. The van der Waals surface area contributed by atoms with E-state index in [9.17, 15) is 5.11 Å². The average Bonchev–Trinajstić information content (AvgIpc) is 3.18. The maximum Gasteiger partial charge on any atom is 0.133 e. The van der Waals surface area contributed by atoms with E-state index in [0.717, 1.165) is 18.0 Å². The molecule has 0 spiro atoms. The molecule has 0 bridgehead atoms. The number of rotatable bonds is 4. The van der Waals surface area contributed by atoms with Gasteiger partial charge in [-0.2, -0.15) is 0 Å². The lowest BCUT2D eigenvalue weighted by Crippen LogP contribution is -2.16. The molecule has 3 rings (SSSR count). The Bertz CT molecular complexity index is 456. The third-order valence-electron chi connectivity index (χ3n) is 3.93. The summed E-state index contributed by atoms with van der Waals surface area (Å²) < 4.78 is 0. The minimum Gasteiger partial charge on any atom is -0.506 e. The monoisotopic (exact) mass is 241 g/mol. The van der Waals surface area contributed by atoms with Crippen molar-refractivity contribution in [2.24, 2.45) is 17.8 Å². The van der Waals surface area contributed by atoms with E-state index in [-0.39, 0.29) is 5.75 Å². The quantitative estimate of drug-likeness (QED) is 0.875. The summed E-state index contributed by atoms with van der Waals surface area (Å²) in [6, 6.07) is 3.65. The van der Waals surface area contributed by atoms with Crippen LogP contribution >= 0.6 is 0 Å². The van der Waals surface area contributed by atoms with Gasteiger partial charge in [-0.05, 0) is 42.7 Å². The number of hydrogen-bond acceptors (Lipinski definition) is 2. The molecule has 0 saturated heterocycles. The second kappa shape index (κ2) is 4.97. The summed E-state index contributed by atoms with van der Waals surface area (Å²) in [5.41, 5.74) is 1.07. The number of pyridine rings is 1. The average molecular weight is 241 g/mol. The first-order valence-electron chi connectivity index (χ1n) is 6.80. The van der Waals surface area contributed by atoms with Crippen LogP contribution in [0.2, 0.25) is 0 Å². The van der Waals surface area contributed by atoms with Gasteiger partial charge in [-0.15, -0.1) is 0 Å². The minimum absolute atomic E-state index is 0.243. The molecule has 1 N–H and O–H groups in total. The molecule has 0 aliphatic heterocycles. The summed E-state index contributed by atoms with van der Waals surface area (Å²) in [5.74, 6) is 2.43. The SMILES string of the molecule is Oc1ccc(CC2C=CC=CC2CC2CC2)nc1. The smallest absolute Gasteiger partial charge is 0.133 e. The molecule has 1 heterocycles. The zero-order valence-electron chi connectivity index (χ0n) is 10.5. The van der Waals surface area contributed by atoms with E-state index in [2.05, 4.69) is 29.3 Å². The van der Waals surface area contributed by atoms with Crippen LogP contribution in [0.3, 0.4) is 0 Å². The molecule has 2 aliphatic rings. The molecule has 2 nitrogen and oxygen atoms in total. The molecule has 2 heteroatoms. The zero-order valence-corrected chi connectivity index (χ0v) is 10.5. The second-order valence-corrected chi connectivity index (χ2v) is 5.49. The van der Waals surface area contributed by atoms with Crippen molar-refractivity contribution in [3.05, 3.63) is 48.3 Å². The third kappa shape index (κ3) is 2.81. The van der Waals surface area contributed by atoms with Gasteiger partial charge < -0.3 is 5.11 Å². The fraction of sp³-hybridized carbons (Fsp3) is 0.438. The van der Waals surface area contributed by atoms with E-state index in [4.69, 9.17) is 0 Å². The predicted octanol–water partition coefficient (Wildman–Crippen LogP) is 3.49. The lowest BCUT2D eigenvalue weighted by molar-refractivity contribution is 0.413. The van der Waals surface area contributed by atoms with Crippen molar-refractivity contribution < 1.29 is 5.11 Å². The van der Waals surface area contributed by atoms with Gasteiger partial charge in [-0.1, -0.05) is 37.1 Å². The Balaban J connectivity index is 1.67. The first-order chi connectivity index (χ1) is 8.81. The second-order valence-electron chi connectivity index (χ2n) is 5.49. The van der Waals surface area contributed by atoms with Crippen LogP contribution in [0.15, 0.2) is 42.6 Å². The Morgan fingerprint density at radius 2 is 1.89 bits per heavy atom. The Kier molecular flexibility index (Phi) is 3.18. The standard InChI is InChI=1S/C16H19NO/c18-16-8-7-15(17-11-16)10-14-4-2-1-3-13(14)9-12-5-6-12/h1-4,7-8,11-14,18H,5-6,9-10H2. The van der Waals surface area contributed by atoms with Gasteiger partial charge in [0.05, 0.1) is 6.20 Å². The number of allylic oxidation sites excluding steroid dienone is 4. The number of aromatic hydroxyl groups is 1. The predicted molar refractivity (Wildman–Crippen MR) is 72.2 cm³/mol. The zero-order chi connectivity index (χ0) is 12.4.